The minimum absolute atomic E-state index is 0.0229. The Labute approximate surface area is 124 Å². The molecule has 0 aliphatic rings. The Balaban J connectivity index is 1.76. The minimum atomic E-state index is -0.369. The van der Waals surface area contributed by atoms with Crippen LogP contribution in [0.15, 0.2) is 48.8 Å². The highest BCUT2D eigenvalue weighted by atomic mass is 19.1. The summed E-state index contributed by atoms with van der Waals surface area (Å²) in [7, 11) is 1.99. The highest BCUT2D eigenvalue weighted by Gasteiger charge is 2.08. The Morgan fingerprint density at radius 3 is 2.67 bits per heavy atom. The molecule has 0 radical (unpaired) electrons. The Morgan fingerprint density at radius 2 is 1.95 bits per heavy atom. The SMILES string of the molecule is CN(CCC(=O)c1cccc(F)c1)CCc1ccncc1. The minimum Gasteiger partial charge on any atom is -0.306 e. The van der Waals surface area contributed by atoms with Gasteiger partial charge in [-0.1, -0.05) is 12.1 Å². The molecule has 1 heterocycles. The molecule has 0 N–H and O–H groups in total. The summed E-state index contributed by atoms with van der Waals surface area (Å²) in [6.07, 6.45) is 4.88. The van der Waals surface area contributed by atoms with E-state index < -0.39 is 0 Å². The number of hydrogen-bond acceptors (Lipinski definition) is 3. The lowest BCUT2D eigenvalue weighted by molar-refractivity contribution is 0.0969. The van der Waals surface area contributed by atoms with Gasteiger partial charge in [-0.15, -0.1) is 0 Å². The first-order valence-electron chi connectivity index (χ1n) is 7.01. The second kappa shape index (κ2) is 7.64. The topological polar surface area (TPSA) is 33.2 Å². The van der Waals surface area contributed by atoms with E-state index in [1.54, 1.807) is 24.5 Å². The number of hydrogen-bond donors (Lipinski definition) is 0. The Bertz CT molecular complexity index is 586. The van der Waals surface area contributed by atoms with Crippen LogP contribution in [0, 0.1) is 5.82 Å². The van der Waals surface area contributed by atoms with Gasteiger partial charge in [-0.3, -0.25) is 9.78 Å². The number of rotatable bonds is 7. The summed E-state index contributed by atoms with van der Waals surface area (Å²) in [4.78, 5) is 18.1. The number of benzene rings is 1. The molecule has 1 aromatic carbocycles. The molecule has 0 atom stereocenters. The van der Waals surface area contributed by atoms with Crippen LogP contribution in [0.1, 0.15) is 22.3 Å². The quantitative estimate of drug-likeness (QED) is 0.734. The molecule has 2 rings (SSSR count). The van der Waals surface area contributed by atoms with Crippen molar-refractivity contribution in [3.05, 3.63) is 65.7 Å². The maximum atomic E-state index is 13.1. The van der Waals surface area contributed by atoms with Crippen LogP contribution in [-0.2, 0) is 6.42 Å². The molecule has 4 heteroatoms. The zero-order chi connectivity index (χ0) is 15.1. The maximum Gasteiger partial charge on any atom is 0.164 e. The van der Waals surface area contributed by atoms with E-state index in [0.29, 0.717) is 18.5 Å². The number of Topliss-reactive ketones (excluding diaryl/α,β-unsaturated/α-hetero) is 1. The van der Waals surface area contributed by atoms with E-state index in [4.69, 9.17) is 0 Å². The lowest BCUT2D eigenvalue weighted by Gasteiger charge is -2.16. The molecule has 1 aromatic heterocycles. The van der Waals surface area contributed by atoms with Crippen molar-refractivity contribution in [3.8, 4) is 0 Å². The molecule has 21 heavy (non-hydrogen) atoms. The van der Waals surface area contributed by atoms with Gasteiger partial charge in [-0.2, -0.15) is 0 Å². The van der Waals surface area contributed by atoms with Gasteiger partial charge in [0, 0.05) is 37.5 Å². The molecule has 0 bridgehead atoms. The number of pyridine rings is 1. The van der Waals surface area contributed by atoms with E-state index in [-0.39, 0.29) is 11.6 Å². The molecule has 0 saturated heterocycles. The largest absolute Gasteiger partial charge is 0.306 e. The van der Waals surface area contributed by atoms with Crippen LogP contribution < -0.4 is 0 Å². The normalized spacial score (nSPS) is 10.8. The zero-order valence-corrected chi connectivity index (χ0v) is 12.1. The summed E-state index contributed by atoms with van der Waals surface area (Å²) in [5, 5.41) is 0. The first kappa shape index (κ1) is 15.3. The van der Waals surface area contributed by atoms with E-state index in [0.717, 1.165) is 13.0 Å². The maximum absolute atomic E-state index is 13.1. The van der Waals surface area contributed by atoms with Crippen molar-refractivity contribution in [2.75, 3.05) is 20.1 Å². The van der Waals surface area contributed by atoms with Gasteiger partial charge in [0.15, 0.2) is 5.78 Å². The molecule has 0 aliphatic heterocycles. The highest BCUT2D eigenvalue weighted by Crippen LogP contribution is 2.07. The third kappa shape index (κ3) is 5.08. The highest BCUT2D eigenvalue weighted by molar-refractivity contribution is 5.96. The van der Waals surface area contributed by atoms with Crippen LogP contribution in [0.2, 0.25) is 0 Å². The number of halogens is 1. The number of aromatic nitrogens is 1. The van der Waals surface area contributed by atoms with Crippen molar-refractivity contribution < 1.29 is 9.18 Å². The smallest absolute Gasteiger partial charge is 0.164 e. The summed E-state index contributed by atoms with van der Waals surface area (Å²) in [5.41, 5.74) is 1.67. The standard InChI is InChI=1S/C17H19FN2O/c1-20(11-7-14-5-9-19-10-6-14)12-8-17(21)15-3-2-4-16(18)13-15/h2-6,9-10,13H,7-8,11-12H2,1H3. The van der Waals surface area contributed by atoms with Crippen molar-refractivity contribution in [1.29, 1.82) is 0 Å². The van der Waals surface area contributed by atoms with Crippen LogP contribution in [0.4, 0.5) is 4.39 Å². The predicted octanol–water partition coefficient (Wildman–Crippen LogP) is 2.97. The second-order valence-electron chi connectivity index (χ2n) is 5.09. The van der Waals surface area contributed by atoms with E-state index in [2.05, 4.69) is 9.88 Å². The lowest BCUT2D eigenvalue weighted by atomic mass is 10.1. The zero-order valence-electron chi connectivity index (χ0n) is 12.1. The first-order valence-corrected chi connectivity index (χ1v) is 7.01. The fourth-order valence-electron chi connectivity index (χ4n) is 2.08. The first-order chi connectivity index (χ1) is 10.1. The summed E-state index contributed by atoms with van der Waals surface area (Å²) in [6, 6.07) is 9.84. The van der Waals surface area contributed by atoms with Crippen LogP contribution in [-0.4, -0.2) is 35.8 Å². The monoisotopic (exact) mass is 286 g/mol. The van der Waals surface area contributed by atoms with Gasteiger partial charge in [-0.25, -0.2) is 4.39 Å². The third-order valence-electron chi connectivity index (χ3n) is 3.40. The van der Waals surface area contributed by atoms with Gasteiger partial charge in [0.1, 0.15) is 5.82 Å². The number of nitrogens with zero attached hydrogens (tertiary/aromatic N) is 2. The Kier molecular flexibility index (Phi) is 5.58. The predicted molar refractivity (Wildman–Crippen MR) is 80.8 cm³/mol. The average Bonchev–Trinajstić information content (AvgIpc) is 2.51. The molecule has 2 aromatic rings. The van der Waals surface area contributed by atoms with Gasteiger partial charge in [0.05, 0.1) is 0 Å². The average molecular weight is 286 g/mol. The van der Waals surface area contributed by atoms with Gasteiger partial charge in [0.25, 0.3) is 0 Å². The van der Waals surface area contributed by atoms with Gasteiger partial charge in [0.2, 0.25) is 0 Å². The Hall–Kier alpha value is -2.07. The van der Waals surface area contributed by atoms with Crippen molar-refractivity contribution in [3.63, 3.8) is 0 Å². The fraction of sp³-hybridized carbons (Fsp3) is 0.294. The molecular weight excluding hydrogens is 267 g/mol. The van der Waals surface area contributed by atoms with E-state index in [1.165, 1.54) is 17.7 Å². The number of likely N-dealkylation sites (N-methyl/N-ethyl adjacent to an activating group) is 1. The lowest BCUT2D eigenvalue weighted by Crippen LogP contribution is -2.24. The molecule has 3 nitrogen and oxygen atoms in total. The molecule has 0 aliphatic carbocycles. The van der Waals surface area contributed by atoms with Crippen LogP contribution in [0.3, 0.4) is 0 Å². The molecule has 0 saturated carbocycles. The molecule has 0 amide bonds. The Morgan fingerprint density at radius 1 is 1.19 bits per heavy atom. The van der Waals surface area contributed by atoms with Crippen LogP contribution in [0.5, 0.6) is 0 Å². The molecule has 0 fully saturated rings. The fourth-order valence-corrected chi connectivity index (χ4v) is 2.08. The van der Waals surface area contributed by atoms with Crippen molar-refractivity contribution >= 4 is 5.78 Å². The van der Waals surface area contributed by atoms with E-state index in [9.17, 15) is 9.18 Å². The van der Waals surface area contributed by atoms with E-state index in [1.807, 2.05) is 19.2 Å². The number of carbonyl (C=O) groups is 1. The second-order valence-corrected chi connectivity index (χ2v) is 5.09. The van der Waals surface area contributed by atoms with E-state index >= 15 is 0 Å². The third-order valence-corrected chi connectivity index (χ3v) is 3.40. The van der Waals surface area contributed by atoms with Crippen molar-refractivity contribution in [1.82, 2.24) is 9.88 Å². The summed E-state index contributed by atoms with van der Waals surface area (Å²) >= 11 is 0. The summed E-state index contributed by atoms with van der Waals surface area (Å²) in [6.45, 7) is 1.54. The molecule has 0 unspecified atom stereocenters. The van der Waals surface area contributed by atoms with Gasteiger partial charge in [-0.05, 0) is 43.3 Å². The van der Waals surface area contributed by atoms with Gasteiger partial charge >= 0.3 is 0 Å². The van der Waals surface area contributed by atoms with Crippen molar-refractivity contribution in [2.45, 2.75) is 12.8 Å². The summed E-state index contributed by atoms with van der Waals surface area (Å²) in [5.74, 6) is -0.392. The molecule has 110 valence electrons. The van der Waals surface area contributed by atoms with Crippen LogP contribution >= 0.6 is 0 Å². The van der Waals surface area contributed by atoms with Crippen molar-refractivity contribution in [2.24, 2.45) is 0 Å². The number of carbonyl (C=O) groups excluding carboxylic acids is 1. The molecular formula is C17H19FN2O. The van der Waals surface area contributed by atoms with Gasteiger partial charge < -0.3 is 4.90 Å². The van der Waals surface area contributed by atoms with Crippen LogP contribution in [0.25, 0.3) is 0 Å². The summed E-state index contributed by atoms with van der Waals surface area (Å²) < 4.78 is 13.1. The number of ketones is 1. The molecule has 0 spiro atoms.